The Hall–Kier alpha value is -3.03. The number of hydrogen-bond donors (Lipinski definition) is 2. The van der Waals surface area contributed by atoms with Gasteiger partial charge in [0, 0.05) is 17.2 Å². The minimum atomic E-state index is -4.70. The van der Waals surface area contributed by atoms with E-state index in [0.29, 0.717) is 17.7 Å². The molecule has 0 aliphatic carbocycles. The number of H-pyrrole nitrogens is 1. The average molecular weight is 380 g/mol. The fourth-order valence-corrected chi connectivity index (χ4v) is 2.91. The number of phenols is 1. The van der Waals surface area contributed by atoms with Gasteiger partial charge in [0.1, 0.15) is 28.7 Å². The number of halogens is 4. The first-order valence-corrected chi connectivity index (χ1v) is 8.08. The van der Waals surface area contributed by atoms with Crippen molar-refractivity contribution in [1.82, 2.24) is 10.2 Å². The molecule has 0 radical (unpaired) electrons. The number of nitrogens with zero attached hydrogens (tertiary/aromatic N) is 1. The maximum absolute atomic E-state index is 13.5. The summed E-state index contributed by atoms with van der Waals surface area (Å²) in [4.78, 5) is 0. The lowest BCUT2D eigenvalue weighted by atomic mass is 9.96. The molecular weight excluding hydrogens is 364 g/mol. The highest BCUT2D eigenvalue weighted by atomic mass is 19.4. The molecule has 0 aliphatic heterocycles. The maximum atomic E-state index is 13.5. The molecule has 0 aliphatic rings. The molecule has 0 saturated heterocycles. The van der Waals surface area contributed by atoms with Gasteiger partial charge in [-0.15, -0.1) is 0 Å². The van der Waals surface area contributed by atoms with Gasteiger partial charge >= 0.3 is 6.18 Å². The quantitative estimate of drug-likeness (QED) is 0.614. The highest BCUT2D eigenvalue weighted by Crippen LogP contribution is 2.44. The Kier molecular flexibility index (Phi) is 4.82. The molecule has 3 rings (SSSR count). The van der Waals surface area contributed by atoms with Gasteiger partial charge in [0.05, 0.1) is 7.11 Å². The molecule has 0 bridgehead atoms. The zero-order chi connectivity index (χ0) is 19.8. The molecule has 142 valence electrons. The van der Waals surface area contributed by atoms with Crippen molar-refractivity contribution in [3.05, 3.63) is 53.5 Å². The Labute approximate surface area is 152 Å². The van der Waals surface area contributed by atoms with Crippen LogP contribution in [0.5, 0.6) is 11.5 Å². The van der Waals surface area contributed by atoms with E-state index < -0.39 is 17.7 Å². The summed E-state index contributed by atoms with van der Waals surface area (Å²) >= 11 is 0. The van der Waals surface area contributed by atoms with E-state index in [-0.39, 0.29) is 28.1 Å². The van der Waals surface area contributed by atoms with Gasteiger partial charge in [-0.3, -0.25) is 5.10 Å². The number of aromatic hydroxyl groups is 1. The molecule has 1 heterocycles. The largest absolute Gasteiger partial charge is 0.507 e. The summed E-state index contributed by atoms with van der Waals surface area (Å²) in [6, 6.07) is 7.48. The van der Waals surface area contributed by atoms with Gasteiger partial charge in [0.15, 0.2) is 0 Å². The maximum Gasteiger partial charge on any atom is 0.433 e. The summed E-state index contributed by atoms with van der Waals surface area (Å²) in [5.74, 6) is -0.417. The lowest BCUT2D eigenvalue weighted by Crippen LogP contribution is -2.07. The topological polar surface area (TPSA) is 58.1 Å². The van der Waals surface area contributed by atoms with Crippen molar-refractivity contribution < 1.29 is 27.4 Å². The van der Waals surface area contributed by atoms with E-state index in [9.17, 15) is 22.7 Å². The van der Waals surface area contributed by atoms with Crippen LogP contribution in [0.4, 0.5) is 17.6 Å². The van der Waals surface area contributed by atoms with Crippen LogP contribution in [0, 0.1) is 5.82 Å². The lowest BCUT2D eigenvalue weighted by molar-refractivity contribution is -0.140. The average Bonchev–Trinajstić information content (AvgIpc) is 3.07. The number of aryl methyl sites for hydroxylation is 1. The van der Waals surface area contributed by atoms with Crippen LogP contribution >= 0.6 is 0 Å². The normalized spacial score (nSPS) is 11.6. The number of aromatic amines is 1. The summed E-state index contributed by atoms with van der Waals surface area (Å²) in [5, 5.41) is 16.2. The van der Waals surface area contributed by atoms with Gasteiger partial charge in [-0.2, -0.15) is 18.3 Å². The first-order valence-electron chi connectivity index (χ1n) is 8.08. The Bertz CT molecular complexity index is 963. The third-order valence-corrected chi connectivity index (χ3v) is 4.22. The van der Waals surface area contributed by atoms with Crippen LogP contribution in [0.25, 0.3) is 22.4 Å². The molecule has 0 fully saturated rings. The van der Waals surface area contributed by atoms with E-state index in [1.807, 2.05) is 12.0 Å². The second-order valence-electron chi connectivity index (χ2n) is 5.86. The highest BCUT2D eigenvalue weighted by Gasteiger charge is 2.38. The van der Waals surface area contributed by atoms with E-state index in [1.165, 1.54) is 31.4 Å². The van der Waals surface area contributed by atoms with Gasteiger partial charge < -0.3 is 9.84 Å². The van der Waals surface area contributed by atoms with Crippen LogP contribution in [0.3, 0.4) is 0 Å². The second kappa shape index (κ2) is 6.94. The fraction of sp³-hybridized carbons (Fsp3) is 0.211. The Morgan fingerprint density at radius 3 is 2.37 bits per heavy atom. The van der Waals surface area contributed by atoms with E-state index >= 15 is 0 Å². The number of phenolic OH excluding ortho intramolecular Hbond substituents is 1. The van der Waals surface area contributed by atoms with E-state index in [0.717, 1.165) is 12.1 Å². The summed E-state index contributed by atoms with van der Waals surface area (Å²) in [6.45, 7) is 1.85. The first-order chi connectivity index (χ1) is 12.8. The van der Waals surface area contributed by atoms with Crippen molar-refractivity contribution >= 4 is 0 Å². The lowest BCUT2D eigenvalue weighted by Gasteiger charge is -2.13. The molecular formula is C19H16F4N2O2. The molecule has 0 unspecified atom stereocenters. The van der Waals surface area contributed by atoms with Gasteiger partial charge in [-0.05, 0) is 35.7 Å². The van der Waals surface area contributed by atoms with Crippen molar-refractivity contribution in [3.63, 3.8) is 0 Å². The number of benzene rings is 2. The predicted molar refractivity (Wildman–Crippen MR) is 92.0 cm³/mol. The molecule has 1 aromatic heterocycles. The molecule has 0 amide bonds. The van der Waals surface area contributed by atoms with E-state index in [1.54, 1.807) is 0 Å². The third-order valence-electron chi connectivity index (χ3n) is 4.22. The third kappa shape index (κ3) is 3.47. The van der Waals surface area contributed by atoms with Crippen molar-refractivity contribution in [1.29, 1.82) is 0 Å². The van der Waals surface area contributed by atoms with Crippen LogP contribution in [0.2, 0.25) is 0 Å². The van der Waals surface area contributed by atoms with E-state index in [4.69, 9.17) is 4.74 Å². The number of rotatable bonds is 4. The zero-order valence-corrected chi connectivity index (χ0v) is 14.5. The molecule has 4 nitrogen and oxygen atoms in total. The first kappa shape index (κ1) is 18.8. The Morgan fingerprint density at radius 2 is 1.81 bits per heavy atom. The Balaban J connectivity index is 2.29. The molecule has 3 aromatic rings. The van der Waals surface area contributed by atoms with Gasteiger partial charge in [-0.25, -0.2) is 4.39 Å². The molecule has 27 heavy (non-hydrogen) atoms. The molecule has 0 atom stereocenters. The van der Waals surface area contributed by atoms with Gasteiger partial charge in [-0.1, -0.05) is 19.1 Å². The van der Waals surface area contributed by atoms with Crippen LogP contribution in [-0.2, 0) is 12.6 Å². The fourth-order valence-electron chi connectivity index (χ4n) is 2.91. The number of hydrogen-bond acceptors (Lipinski definition) is 3. The number of nitrogens with one attached hydrogen (secondary N) is 1. The summed E-state index contributed by atoms with van der Waals surface area (Å²) < 4.78 is 58.9. The Morgan fingerprint density at radius 1 is 1.15 bits per heavy atom. The van der Waals surface area contributed by atoms with E-state index in [2.05, 4.69) is 5.10 Å². The van der Waals surface area contributed by atoms with Crippen molar-refractivity contribution in [2.75, 3.05) is 7.11 Å². The van der Waals surface area contributed by atoms with Crippen molar-refractivity contribution in [2.45, 2.75) is 19.5 Å². The summed E-state index contributed by atoms with van der Waals surface area (Å²) in [6.07, 6.45) is -4.16. The van der Waals surface area contributed by atoms with Gasteiger partial charge in [0.25, 0.3) is 0 Å². The second-order valence-corrected chi connectivity index (χ2v) is 5.86. The van der Waals surface area contributed by atoms with Crippen molar-refractivity contribution in [3.8, 4) is 33.9 Å². The van der Waals surface area contributed by atoms with Crippen LogP contribution in [0.1, 0.15) is 18.2 Å². The molecule has 0 spiro atoms. The number of alkyl halides is 3. The summed E-state index contributed by atoms with van der Waals surface area (Å²) in [5.41, 5.74) is -0.461. The minimum absolute atomic E-state index is 0.0798. The van der Waals surface area contributed by atoms with Crippen molar-refractivity contribution in [2.24, 2.45) is 0 Å². The zero-order valence-electron chi connectivity index (χ0n) is 14.5. The monoisotopic (exact) mass is 380 g/mol. The highest BCUT2D eigenvalue weighted by molar-refractivity contribution is 5.86. The van der Waals surface area contributed by atoms with Crippen LogP contribution < -0.4 is 4.74 Å². The standard InChI is InChI=1S/C19H16F4N2O2/c1-3-10-8-13(14(26)9-15(10)27-2)17-16(11-4-6-12(20)7-5-11)18(25-24-17)19(21,22)23/h4-9,26H,3H2,1-2H3,(H,24,25). The molecule has 0 saturated carbocycles. The smallest absolute Gasteiger partial charge is 0.433 e. The molecule has 8 heteroatoms. The van der Waals surface area contributed by atoms with Crippen LogP contribution in [0.15, 0.2) is 36.4 Å². The minimum Gasteiger partial charge on any atom is -0.507 e. The molecule has 2 N–H and O–H groups in total. The van der Waals surface area contributed by atoms with Gasteiger partial charge in [0.2, 0.25) is 0 Å². The predicted octanol–water partition coefficient (Wildman–Crippen LogP) is 5.18. The SMILES string of the molecule is CCc1cc(-c2n[nH]c(C(F)(F)F)c2-c2ccc(F)cc2)c(O)cc1OC. The number of ether oxygens (including phenoxy) is 1. The summed E-state index contributed by atoms with van der Waals surface area (Å²) in [7, 11) is 1.44. The number of aromatic nitrogens is 2. The molecule has 2 aromatic carbocycles. The number of methoxy groups -OCH3 is 1. The van der Waals surface area contributed by atoms with Crippen LogP contribution in [-0.4, -0.2) is 22.4 Å².